The predicted octanol–water partition coefficient (Wildman–Crippen LogP) is 2.76. The van der Waals surface area contributed by atoms with Crippen LogP contribution in [-0.4, -0.2) is 16.5 Å². The van der Waals surface area contributed by atoms with E-state index in [-0.39, 0.29) is 5.78 Å². The van der Waals surface area contributed by atoms with Crippen LogP contribution in [0.3, 0.4) is 0 Å². The molecule has 0 bridgehead atoms. The highest BCUT2D eigenvalue weighted by atomic mass is 16.3. The molecule has 0 fully saturated rings. The minimum absolute atomic E-state index is 0.238. The molecule has 1 aromatic rings. The van der Waals surface area contributed by atoms with E-state index in [4.69, 9.17) is 0 Å². The van der Waals surface area contributed by atoms with E-state index in [1.807, 2.05) is 12.1 Å². The van der Waals surface area contributed by atoms with Gasteiger partial charge in [-0.3, -0.25) is 4.79 Å². The first-order valence-corrected chi connectivity index (χ1v) is 5.19. The normalized spacial score (nSPS) is 11.9. The molecule has 1 aromatic carbocycles. The first-order chi connectivity index (χ1) is 6.82. The highest BCUT2D eigenvalue weighted by Crippen LogP contribution is 2.17. The van der Waals surface area contributed by atoms with E-state index < -0.39 is 5.60 Å². The zero-order valence-corrected chi connectivity index (χ0v) is 9.74. The maximum absolute atomic E-state index is 11.7. The van der Waals surface area contributed by atoms with Crippen LogP contribution in [0.2, 0.25) is 0 Å². The van der Waals surface area contributed by atoms with E-state index in [1.165, 1.54) is 19.4 Å². The van der Waals surface area contributed by atoms with Crippen LogP contribution in [0.4, 0.5) is 0 Å². The van der Waals surface area contributed by atoms with Gasteiger partial charge in [0.25, 0.3) is 0 Å². The average molecular weight is 206 g/mol. The molecule has 0 saturated carbocycles. The van der Waals surface area contributed by atoms with Gasteiger partial charge < -0.3 is 5.11 Å². The molecule has 1 N–H and O–H groups in total. The fourth-order valence-electron chi connectivity index (χ4n) is 1.37. The summed E-state index contributed by atoms with van der Waals surface area (Å²) in [5.74, 6) is 0.217. The van der Waals surface area contributed by atoms with Gasteiger partial charge in [0.2, 0.25) is 0 Å². The largest absolute Gasteiger partial charge is 0.382 e. The van der Waals surface area contributed by atoms with E-state index in [1.54, 1.807) is 12.1 Å². The van der Waals surface area contributed by atoms with Crippen LogP contribution < -0.4 is 0 Å². The fraction of sp³-hybridized carbons (Fsp3) is 0.462. The molecule has 2 nitrogen and oxygen atoms in total. The van der Waals surface area contributed by atoms with Crippen molar-refractivity contribution in [2.75, 3.05) is 0 Å². The van der Waals surface area contributed by atoms with Crippen LogP contribution in [0.1, 0.15) is 49.5 Å². The van der Waals surface area contributed by atoms with Crippen LogP contribution in [0, 0.1) is 0 Å². The van der Waals surface area contributed by atoms with Crippen molar-refractivity contribution >= 4 is 5.78 Å². The molecule has 0 aliphatic heterocycles. The van der Waals surface area contributed by atoms with Gasteiger partial charge >= 0.3 is 0 Å². The van der Waals surface area contributed by atoms with E-state index >= 15 is 0 Å². The number of hydrogen-bond acceptors (Lipinski definition) is 2. The number of benzene rings is 1. The Balaban J connectivity index is 2.95. The van der Waals surface area contributed by atoms with Gasteiger partial charge in [-0.1, -0.05) is 38.1 Å². The van der Waals surface area contributed by atoms with Gasteiger partial charge in [-0.15, -0.1) is 0 Å². The molecule has 0 aliphatic carbocycles. The summed E-state index contributed by atoms with van der Waals surface area (Å²) in [6.45, 7) is 7.22. The Kier molecular flexibility index (Phi) is 3.30. The highest BCUT2D eigenvalue weighted by molar-refractivity contribution is 6.01. The van der Waals surface area contributed by atoms with Crippen molar-refractivity contribution in [1.29, 1.82) is 0 Å². The summed E-state index contributed by atoms with van der Waals surface area (Å²) in [6, 6.07) is 7.42. The zero-order valence-electron chi connectivity index (χ0n) is 9.74. The monoisotopic (exact) mass is 206 g/mol. The molecule has 0 unspecified atom stereocenters. The second-order valence-electron chi connectivity index (χ2n) is 4.66. The van der Waals surface area contributed by atoms with Crippen LogP contribution in [0.5, 0.6) is 0 Å². The van der Waals surface area contributed by atoms with Crippen molar-refractivity contribution in [1.82, 2.24) is 0 Å². The Bertz CT molecular complexity index is 342. The number of carbonyl (C=O) groups excluding carboxylic acids is 1. The molecule has 0 radical (unpaired) electrons. The van der Waals surface area contributed by atoms with Crippen LogP contribution >= 0.6 is 0 Å². The molecule has 0 atom stereocenters. The third-order valence-electron chi connectivity index (χ3n) is 2.40. The Morgan fingerprint density at radius 2 is 1.67 bits per heavy atom. The number of aliphatic hydroxyl groups is 1. The van der Waals surface area contributed by atoms with Crippen molar-refractivity contribution in [3.8, 4) is 0 Å². The minimum atomic E-state index is -1.29. The van der Waals surface area contributed by atoms with Gasteiger partial charge in [0, 0.05) is 5.56 Å². The number of Topliss-reactive ketones (excluding diaryl/α,β-unsaturated/α-hetero) is 1. The first-order valence-electron chi connectivity index (χ1n) is 5.19. The fourth-order valence-corrected chi connectivity index (χ4v) is 1.37. The van der Waals surface area contributed by atoms with Crippen molar-refractivity contribution in [2.45, 2.75) is 39.2 Å². The highest BCUT2D eigenvalue weighted by Gasteiger charge is 2.24. The second-order valence-corrected chi connectivity index (χ2v) is 4.66. The number of ketones is 1. The SMILES string of the molecule is CC(C)c1ccc(C(=O)C(C)(C)O)cc1. The van der Waals surface area contributed by atoms with Gasteiger partial charge in [-0.25, -0.2) is 0 Å². The van der Waals surface area contributed by atoms with E-state index in [0.717, 1.165) is 0 Å². The summed E-state index contributed by atoms with van der Waals surface area (Å²) < 4.78 is 0. The molecule has 0 aromatic heterocycles. The quantitative estimate of drug-likeness (QED) is 0.772. The molecular formula is C13H18O2. The van der Waals surface area contributed by atoms with Gasteiger partial charge in [-0.05, 0) is 25.3 Å². The third kappa shape index (κ3) is 2.90. The van der Waals surface area contributed by atoms with Gasteiger partial charge in [-0.2, -0.15) is 0 Å². The van der Waals surface area contributed by atoms with Crippen molar-refractivity contribution in [3.05, 3.63) is 35.4 Å². The molecular weight excluding hydrogens is 188 g/mol. The average Bonchev–Trinajstić information content (AvgIpc) is 2.15. The van der Waals surface area contributed by atoms with Crippen LogP contribution in [-0.2, 0) is 0 Å². The van der Waals surface area contributed by atoms with Gasteiger partial charge in [0.05, 0.1) is 0 Å². The third-order valence-corrected chi connectivity index (χ3v) is 2.40. The lowest BCUT2D eigenvalue weighted by Crippen LogP contribution is -2.31. The molecule has 0 spiro atoms. The van der Waals surface area contributed by atoms with Crippen molar-refractivity contribution < 1.29 is 9.90 Å². The molecule has 1 rings (SSSR count). The maximum atomic E-state index is 11.7. The van der Waals surface area contributed by atoms with Crippen LogP contribution in [0.25, 0.3) is 0 Å². The zero-order chi connectivity index (χ0) is 11.6. The van der Waals surface area contributed by atoms with Gasteiger partial charge in [0.1, 0.15) is 5.60 Å². The number of hydrogen-bond donors (Lipinski definition) is 1. The van der Waals surface area contributed by atoms with E-state index in [0.29, 0.717) is 11.5 Å². The lowest BCUT2D eigenvalue weighted by atomic mass is 9.94. The Morgan fingerprint density at radius 1 is 1.20 bits per heavy atom. The van der Waals surface area contributed by atoms with E-state index in [9.17, 15) is 9.90 Å². The lowest BCUT2D eigenvalue weighted by molar-refractivity contribution is 0.0488. The predicted molar refractivity (Wildman–Crippen MR) is 61.2 cm³/mol. The first kappa shape index (κ1) is 11.9. The van der Waals surface area contributed by atoms with Gasteiger partial charge in [0.15, 0.2) is 5.78 Å². The standard InChI is InChI=1S/C13H18O2/c1-9(2)10-5-7-11(8-6-10)12(14)13(3,4)15/h5-9,15H,1-4H3. The van der Waals surface area contributed by atoms with Crippen molar-refractivity contribution in [3.63, 3.8) is 0 Å². The maximum Gasteiger partial charge on any atom is 0.193 e. The molecule has 15 heavy (non-hydrogen) atoms. The topological polar surface area (TPSA) is 37.3 Å². The van der Waals surface area contributed by atoms with Crippen molar-refractivity contribution in [2.24, 2.45) is 0 Å². The summed E-state index contributed by atoms with van der Waals surface area (Å²) in [7, 11) is 0. The minimum Gasteiger partial charge on any atom is -0.382 e. The smallest absolute Gasteiger partial charge is 0.193 e. The summed E-state index contributed by atoms with van der Waals surface area (Å²) >= 11 is 0. The summed E-state index contributed by atoms with van der Waals surface area (Å²) in [6.07, 6.45) is 0. The number of rotatable bonds is 3. The molecule has 0 heterocycles. The Labute approximate surface area is 90.9 Å². The summed E-state index contributed by atoms with van der Waals surface area (Å²) in [5.41, 5.74) is 0.466. The molecule has 0 saturated heterocycles. The molecule has 0 aliphatic rings. The Morgan fingerprint density at radius 3 is 2.00 bits per heavy atom. The molecule has 0 amide bonds. The molecule has 2 heteroatoms. The second kappa shape index (κ2) is 4.15. The summed E-state index contributed by atoms with van der Waals surface area (Å²) in [4.78, 5) is 11.7. The van der Waals surface area contributed by atoms with Crippen LogP contribution in [0.15, 0.2) is 24.3 Å². The van der Waals surface area contributed by atoms with E-state index in [2.05, 4.69) is 13.8 Å². The Hall–Kier alpha value is -1.15. The lowest BCUT2D eigenvalue weighted by Gasteiger charge is -2.15. The molecule has 82 valence electrons. The summed E-state index contributed by atoms with van der Waals surface area (Å²) in [5, 5.41) is 9.57. The number of carbonyl (C=O) groups is 1.